The van der Waals surface area contributed by atoms with Gasteiger partial charge in [-0.25, -0.2) is 0 Å². The molecule has 0 aliphatic heterocycles. The van der Waals surface area contributed by atoms with Gasteiger partial charge in [0.05, 0.1) is 12.0 Å². The van der Waals surface area contributed by atoms with Gasteiger partial charge in [0, 0.05) is 6.04 Å². The third kappa shape index (κ3) is 4.21. The summed E-state index contributed by atoms with van der Waals surface area (Å²) < 4.78 is 5.61. The predicted molar refractivity (Wildman–Crippen MR) is 81.6 cm³/mol. The fourth-order valence-electron chi connectivity index (χ4n) is 1.49. The molecule has 8 nitrogen and oxygen atoms in total. The van der Waals surface area contributed by atoms with E-state index < -0.39 is 5.91 Å². The van der Waals surface area contributed by atoms with Gasteiger partial charge in [-0.2, -0.15) is 0 Å². The van der Waals surface area contributed by atoms with Crippen LogP contribution >= 0.6 is 23.1 Å². The summed E-state index contributed by atoms with van der Waals surface area (Å²) in [5.41, 5.74) is 4.58. The molecule has 1 fully saturated rings. The minimum Gasteiger partial charge on any atom is -0.459 e. The zero-order chi connectivity index (χ0) is 15.4. The number of nitrogens with one attached hydrogen (secondary N) is 3. The lowest BCUT2D eigenvalue weighted by Crippen LogP contribution is -2.42. The fourth-order valence-corrected chi connectivity index (χ4v) is 3.12. The number of carbonyl (C=O) groups is 2. The fraction of sp³-hybridized carbons (Fsp3) is 0.333. The largest absolute Gasteiger partial charge is 0.459 e. The van der Waals surface area contributed by atoms with Gasteiger partial charge in [-0.1, -0.05) is 23.1 Å². The van der Waals surface area contributed by atoms with Crippen LogP contribution in [0, 0.1) is 0 Å². The summed E-state index contributed by atoms with van der Waals surface area (Å²) in [5.74, 6) is -0.573. The third-order valence-electron chi connectivity index (χ3n) is 2.70. The van der Waals surface area contributed by atoms with Gasteiger partial charge in [0.25, 0.3) is 0 Å². The highest BCUT2D eigenvalue weighted by molar-refractivity contribution is 8.01. The Morgan fingerprint density at radius 2 is 2.23 bits per heavy atom. The zero-order valence-electron chi connectivity index (χ0n) is 11.4. The lowest BCUT2D eigenvalue weighted by Gasteiger charge is -2.04. The molecule has 116 valence electrons. The lowest BCUT2D eigenvalue weighted by atomic mass is 10.4. The van der Waals surface area contributed by atoms with Crippen LogP contribution in [0.25, 0.3) is 0 Å². The molecule has 0 radical (unpaired) electrons. The lowest BCUT2D eigenvalue weighted by molar-refractivity contribution is -0.119. The van der Waals surface area contributed by atoms with Crippen LogP contribution in [0.1, 0.15) is 23.4 Å². The number of carbonyl (C=O) groups excluding carboxylic acids is 2. The van der Waals surface area contributed by atoms with Gasteiger partial charge in [0.2, 0.25) is 11.0 Å². The van der Waals surface area contributed by atoms with Crippen molar-refractivity contribution in [2.45, 2.75) is 23.2 Å². The standard InChI is InChI=1S/C12H13N5O3S2/c18-9(14-15-10(19)8-2-1-5-20-8)6-21-12-17-16-11(22-12)13-7-3-4-7/h1-2,5,7H,3-4,6H2,(H,13,16)(H,14,18)(H,15,19). The second-order valence-electron chi connectivity index (χ2n) is 4.56. The van der Waals surface area contributed by atoms with Crippen molar-refractivity contribution in [2.24, 2.45) is 0 Å². The van der Waals surface area contributed by atoms with E-state index in [1.54, 1.807) is 6.07 Å². The summed E-state index contributed by atoms with van der Waals surface area (Å²) >= 11 is 2.68. The van der Waals surface area contributed by atoms with Crippen molar-refractivity contribution in [3.63, 3.8) is 0 Å². The van der Waals surface area contributed by atoms with E-state index in [4.69, 9.17) is 4.42 Å². The van der Waals surface area contributed by atoms with Crippen molar-refractivity contribution in [3.05, 3.63) is 24.2 Å². The second kappa shape index (κ2) is 6.79. The van der Waals surface area contributed by atoms with Gasteiger partial charge < -0.3 is 9.73 Å². The Bertz CT molecular complexity index is 654. The summed E-state index contributed by atoms with van der Waals surface area (Å²) in [5, 5.41) is 12.0. The number of hydrogen-bond acceptors (Lipinski definition) is 8. The highest BCUT2D eigenvalue weighted by atomic mass is 32.2. The molecular formula is C12H13N5O3S2. The smallest absolute Gasteiger partial charge is 0.305 e. The normalized spacial score (nSPS) is 13.6. The number of furan rings is 1. The van der Waals surface area contributed by atoms with E-state index in [1.807, 2.05) is 0 Å². The number of aromatic nitrogens is 2. The van der Waals surface area contributed by atoms with Crippen LogP contribution in [0.4, 0.5) is 5.13 Å². The molecule has 2 aromatic heterocycles. The first-order valence-electron chi connectivity index (χ1n) is 6.56. The molecule has 0 unspecified atom stereocenters. The first-order chi connectivity index (χ1) is 10.7. The van der Waals surface area contributed by atoms with Crippen LogP contribution in [-0.4, -0.2) is 33.8 Å². The Hall–Kier alpha value is -2.07. The summed E-state index contributed by atoms with van der Waals surface area (Å²) in [7, 11) is 0. The molecule has 3 N–H and O–H groups in total. The maximum absolute atomic E-state index is 11.6. The van der Waals surface area contributed by atoms with Crippen LogP contribution in [0.3, 0.4) is 0 Å². The third-order valence-corrected chi connectivity index (χ3v) is 4.69. The SMILES string of the molecule is O=C(CSc1nnc(NC2CC2)s1)NNC(=O)c1ccco1. The number of thioether (sulfide) groups is 1. The van der Waals surface area contributed by atoms with Crippen LogP contribution in [0.2, 0.25) is 0 Å². The van der Waals surface area contributed by atoms with E-state index in [2.05, 4.69) is 26.4 Å². The molecule has 0 atom stereocenters. The van der Waals surface area contributed by atoms with E-state index >= 15 is 0 Å². The maximum atomic E-state index is 11.6. The van der Waals surface area contributed by atoms with Gasteiger partial charge in [0.1, 0.15) is 0 Å². The van der Waals surface area contributed by atoms with Crippen molar-refractivity contribution < 1.29 is 14.0 Å². The Morgan fingerprint density at radius 1 is 1.36 bits per heavy atom. The Labute approximate surface area is 134 Å². The summed E-state index contributed by atoms with van der Waals surface area (Å²) in [6.07, 6.45) is 3.72. The van der Waals surface area contributed by atoms with E-state index in [0.29, 0.717) is 10.4 Å². The Morgan fingerprint density at radius 3 is 2.95 bits per heavy atom. The molecule has 1 aliphatic rings. The zero-order valence-corrected chi connectivity index (χ0v) is 13.0. The molecule has 2 amide bonds. The van der Waals surface area contributed by atoms with E-state index in [0.717, 1.165) is 5.13 Å². The molecule has 0 spiro atoms. The Balaban J connectivity index is 1.38. The Kier molecular flexibility index (Phi) is 4.59. The maximum Gasteiger partial charge on any atom is 0.305 e. The van der Waals surface area contributed by atoms with Gasteiger partial charge in [-0.05, 0) is 25.0 Å². The van der Waals surface area contributed by atoms with Crippen molar-refractivity contribution in [1.82, 2.24) is 21.0 Å². The van der Waals surface area contributed by atoms with Gasteiger partial charge in [-0.15, -0.1) is 10.2 Å². The summed E-state index contributed by atoms with van der Waals surface area (Å²) in [4.78, 5) is 23.2. The van der Waals surface area contributed by atoms with Crippen LogP contribution in [0.15, 0.2) is 27.2 Å². The van der Waals surface area contributed by atoms with Crippen LogP contribution in [0.5, 0.6) is 0 Å². The average molecular weight is 339 g/mol. The number of hydrazine groups is 1. The molecular weight excluding hydrogens is 326 g/mol. The van der Waals surface area contributed by atoms with Crippen molar-refractivity contribution in [1.29, 1.82) is 0 Å². The molecule has 0 aromatic carbocycles. The number of amides is 2. The van der Waals surface area contributed by atoms with E-state index in [-0.39, 0.29) is 17.4 Å². The van der Waals surface area contributed by atoms with Crippen LogP contribution < -0.4 is 16.2 Å². The highest BCUT2D eigenvalue weighted by Gasteiger charge is 2.22. The predicted octanol–water partition coefficient (Wildman–Crippen LogP) is 1.26. The minimum atomic E-state index is -0.504. The molecule has 10 heteroatoms. The van der Waals surface area contributed by atoms with Crippen LogP contribution in [-0.2, 0) is 4.79 Å². The number of rotatable bonds is 6. The first kappa shape index (κ1) is 14.9. The van der Waals surface area contributed by atoms with Crippen molar-refractivity contribution in [3.8, 4) is 0 Å². The molecule has 2 aromatic rings. The summed E-state index contributed by atoms with van der Waals surface area (Å²) in [6, 6.07) is 3.62. The summed E-state index contributed by atoms with van der Waals surface area (Å²) in [6.45, 7) is 0. The van der Waals surface area contributed by atoms with Crippen molar-refractivity contribution >= 4 is 40.0 Å². The number of anilines is 1. The quantitative estimate of drug-likeness (QED) is 0.537. The number of hydrogen-bond donors (Lipinski definition) is 3. The second-order valence-corrected chi connectivity index (χ2v) is 6.76. The molecule has 3 rings (SSSR count). The van der Waals surface area contributed by atoms with E-state index in [1.165, 1.54) is 48.3 Å². The van der Waals surface area contributed by atoms with Crippen molar-refractivity contribution in [2.75, 3.05) is 11.1 Å². The van der Waals surface area contributed by atoms with Gasteiger partial charge >= 0.3 is 5.91 Å². The van der Waals surface area contributed by atoms with Gasteiger partial charge in [-0.3, -0.25) is 20.4 Å². The molecule has 0 saturated heterocycles. The molecule has 1 saturated carbocycles. The van der Waals surface area contributed by atoms with E-state index in [9.17, 15) is 9.59 Å². The molecule has 2 heterocycles. The molecule has 22 heavy (non-hydrogen) atoms. The minimum absolute atomic E-state index is 0.132. The average Bonchev–Trinajstić information content (AvgIpc) is 3.01. The highest BCUT2D eigenvalue weighted by Crippen LogP contribution is 2.29. The molecule has 0 bridgehead atoms. The topological polar surface area (TPSA) is 109 Å². The first-order valence-corrected chi connectivity index (χ1v) is 8.36. The monoisotopic (exact) mass is 339 g/mol. The van der Waals surface area contributed by atoms with Gasteiger partial charge in [0.15, 0.2) is 10.1 Å². The molecule has 1 aliphatic carbocycles. The number of nitrogens with zero attached hydrogens (tertiary/aromatic N) is 2.